The summed E-state index contributed by atoms with van der Waals surface area (Å²) in [5, 5.41) is 8.37. The van der Waals surface area contributed by atoms with Crippen molar-refractivity contribution in [3.05, 3.63) is 64.2 Å². The summed E-state index contributed by atoms with van der Waals surface area (Å²) in [5.74, 6) is 1.44. The van der Waals surface area contributed by atoms with Crippen molar-refractivity contribution in [2.75, 3.05) is 32.6 Å². The number of hydrogen-bond acceptors (Lipinski definition) is 7. The van der Waals surface area contributed by atoms with Gasteiger partial charge >= 0.3 is 0 Å². The Morgan fingerprint density at radius 1 is 1.06 bits per heavy atom. The minimum atomic E-state index is -3.76. The van der Waals surface area contributed by atoms with Crippen LogP contribution in [0.5, 0.6) is 11.5 Å². The standard InChI is InChI=1S/C24H25BrClN5O4S/c1-34-16-9-10-21(35-2)22(13-16)36(32,33)29-12-6-5-11-27-23-14-20(17-7-3-4-8-19(17)26)30-24-18(25)15-28-31(23)24/h3-4,7-10,13-15,27,29H,5-6,11-12H2,1-2H3. The maximum Gasteiger partial charge on any atom is 0.244 e. The lowest BCUT2D eigenvalue weighted by atomic mass is 10.1. The number of rotatable bonds is 11. The van der Waals surface area contributed by atoms with Crippen molar-refractivity contribution in [1.29, 1.82) is 0 Å². The number of anilines is 1. The van der Waals surface area contributed by atoms with E-state index in [0.29, 0.717) is 35.8 Å². The second kappa shape index (κ2) is 11.5. The van der Waals surface area contributed by atoms with Crippen molar-refractivity contribution < 1.29 is 17.9 Å². The van der Waals surface area contributed by atoms with Gasteiger partial charge in [0.15, 0.2) is 5.65 Å². The van der Waals surface area contributed by atoms with Crippen LogP contribution in [0.25, 0.3) is 16.9 Å². The molecule has 0 saturated heterocycles. The number of hydrogen-bond donors (Lipinski definition) is 2. The Hall–Kier alpha value is -2.86. The Kier molecular flexibility index (Phi) is 8.35. The van der Waals surface area contributed by atoms with Crippen LogP contribution in [-0.2, 0) is 10.0 Å². The molecule has 2 aromatic heterocycles. The third-order valence-electron chi connectivity index (χ3n) is 5.44. The lowest BCUT2D eigenvalue weighted by Gasteiger charge is -2.13. The predicted molar refractivity (Wildman–Crippen MR) is 144 cm³/mol. The lowest BCUT2D eigenvalue weighted by molar-refractivity contribution is 0.392. The summed E-state index contributed by atoms with van der Waals surface area (Å²) in [7, 11) is -0.848. The zero-order valence-corrected chi connectivity index (χ0v) is 22.8. The van der Waals surface area contributed by atoms with E-state index in [1.807, 2.05) is 30.3 Å². The summed E-state index contributed by atoms with van der Waals surface area (Å²) in [6, 6.07) is 14.1. The SMILES string of the molecule is COc1ccc(OC)c(S(=O)(=O)NCCCCNc2cc(-c3ccccc3Cl)nc3c(Br)cnn23)c1. The monoisotopic (exact) mass is 593 g/mol. The first-order valence-electron chi connectivity index (χ1n) is 11.1. The molecule has 0 saturated carbocycles. The van der Waals surface area contributed by atoms with E-state index in [-0.39, 0.29) is 17.2 Å². The van der Waals surface area contributed by atoms with E-state index in [2.05, 4.69) is 31.1 Å². The molecule has 0 aliphatic heterocycles. The molecule has 36 heavy (non-hydrogen) atoms. The van der Waals surface area contributed by atoms with Gasteiger partial charge in [0.2, 0.25) is 10.0 Å². The van der Waals surface area contributed by atoms with Crippen molar-refractivity contribution in [2.45, 2.75) is 17.7 Å². The van der Waals surface area contributed by atoms with Gasteiger partial charge in [0.1, 0.15) is 22.2 Å². The predicted octanol–water partition coefficient (Wildman–Crippen LogP) is 5.00. The molecule has 0 radical (unpaired) electrons. The first kappa shape index (κ1) is 26.2. The fraction of sp³-hybridized carbons (Fsp3) is 0.250. The molecule has 0 atom stereocenters. The number of aromatic nitrogens is 3. The molecule has 0 fully saturated rings. The number of fused-ring (bicyclic) bond motifs is 1. The Morgan fingerprint density at radius 2 is 1.83 bits per heavy atom. The Labute approximate surface area is 223 Å². The number of nitrogens with one attached hydrogen (secondary N) is 2. The summed E-state index contributed by atoms with van der Waals surface area (Å²) in [4.78, 5) is 4.74. The maximum absolute atomic E-state index is 12.8. The molecule has 0 bridgehead atoms. The molecule has 0 aliphatic carbocycles. The molecular weight excluding hydrogens is 570 g/mol. The van der Waals surface area contributed by atoms with Gasteiger partial charge in [-0.25, -0.2) is 18.1 Å². The quantitative estimate of drug-likeness (QED) is 0.235. The molecule has 2 aromatic carbocycles. The van der Waals surface area contributed by atoms with Gasteiger partial charge in [-0.05, 0) is 47.0 Å². The third-order valence-corrected chi connectivity index (χ3v) is 7.81. The van der Waals surface area contributed by atoms with E-state index in [9.17, 15) is 8.42 Å². The van der Waals surface area contributed by atoms with Crippen LogP contribution >= 0.6 is 27.5 Å². The van der Waals surface area contributed by atoms with Crippen LogP contribution in [0.15, 0.2) is 64.1 Å². The van der Waals surface area contributed by atoms with Crippen LogP contribution in [0.3, 0.4) is 0 Å². The second-order valence-corrected chi connectivity index (χ2v) is 10.8. The Bertz CT molecular complexity index is 1480. The van der Waals surface area contributed by atoms with Gasteiger partial charge in [0.05, 0.1) is 30.6 Å². The fourth-order valence-corrected chi connectivity index (χ4v) is 5.45. The van der Waals surface area contributed by atoms with Crippen molar-refractivity contribution in [1.82, 2.24) is 19.3 Å². The molecule has 0 aliphatic rings. The summed E-state index contributed by atoms with van der Waals surface area (Å²) < 4.78 is 41.0. The van der Waals surface area contributed by atoms with E-state index in [1.165, 1.54) is 20.3 Å². The van der Waals surface area contributed by atoms with E-state index < -0.39 is 10.0 Å². The largest absolute Gasteiger partial charge is 0.497 e. The maximum atomic E-state index is 12.8. The molecule has 0 amide bonds. The van der Waals surface area contributed by atoms with E-state index >= 15 is 0 Å². The zero-order chi connectivity index (χ0) is 25.7. The molecular formula is C24H25BrClN5O4S. The van der Waals surface area contributed by atoms with Crippen LogP contribution in [0.2, 0.25) is 5.02 Å². The number of halogens is 2. The second-order valence-electron chi connectivity index (χ2n) is 7.78. The van der Waals surface area contributed by atoms with Crippen LogP contribution in [0.4, 0.5) is 5.82 Å². The van der Waals surface area contributed by atoms with Crippen molar-refractivity contribution in [2.24, 2.45) is 0 Å². The summed E-state index contributed by atoms with van der Waals surface area (Å²) in [5.41, 5.74) is 2.20. The topological polar surface area (TPSA) is 107 Å². The van der Waals surface area contributed by atoms with Crippen LogP contribution in [-0.4, -0.2) is 50.3 Å². The van der Waals surface area contributed by atoms with Crippen molar-refractivity contribution in [3.63, 3.8) is 0 Å². The average molecular weight is 595 g/mol. The molecule has 190 valence electrons. The zero-order valence-electron chi connectivity index (χ0n) is 19.7. The minimum Gasteiger partial charge on any atom is -0.497 e. The number of methoxy groups -OCH3 is 2. The number of nitrogens with zero attached hydrogens (tertiary/aromatic N) is 3. The Balaban J connectivity index is 1.39. The van der Waals surface area contributed by atoms with E-state index in [0.717, 1.165) is 21.5 Å². The number of ether oxygens (including phenoxy) is 2. The molecule has 4 rings (SSSR count). The van der Waals surface area contributed by atoms with Gasteiger partial charge in [-0.2, -0.15) is 9.61 Å². The smallest absolute Gasteiger partial charge is 0.244 e. The number of sulfonamides is 1. The first-order valence-corrected chi connectivity index (χ1v) is 13.7. The van der Waals surface area contributed by atoms with E-state index in [1.54, 1.807) is 22.8 Å². The molecule has 9 nitrogen and oxygen atoms in total. The molecule has 4 aromatic rings. The highest BCUT2D eigenvalue weighted by Crippen LogP contribution is 2.30. The third kappa shape index (κ3) is 5.75. The van der Waals surface area contributed by atoms with Crippen molar-refractivity contribution >= 4 is 49.0 Å². The number of unbranched alkanes of at least 4 members (excludes halogenated alkanes) is 1. The van der Waals surface area contributed by atoms with Gasteiger partial charge in [-0.3, -0.25) is 0 Å². The van der Waals surface area contributed by atoms with E-state index in [4.69, 9.17) is 26.1 Å². The van der Waals surface area contributed by atoms with Gasteiger partial charge in [0, 0.05) is 35.8 Å². The molecule has 2 heterocycles. The molecule has 0 spiro atoms. The lowest BCUT2D eigenvalue weighted by Crippen LogP contribution is -2.25. The number of benzene rings is 2. The summed E-state index contributed by atoms with van der Waals surface area (Å²) in [6.07, 6.45) is 3.02. The normalized spacial score (nSPS) is 11.6. The van der Waals surface area contributed by atoms with Gasteiger partial charge in [0.25, 0.3) is 0 Å². The highest BCUT2D eigenvalue weighted by Gasteiger charge is 2.20. The summed E-state index contributed by atoms with van der Waals surface area (Å²) >= 11 is 9.89. The van der Waals surface area contributed by atoms with Crippen molar-refractivity contribution in [3.8, 4) is 22.8 Å². The van der Waals surface area contributed by atoms with Crippen LogP contribution in [0.1, 0.15) is 12.8 Å². The first-order chi connectivity index (χ1) is 17.3. The Morgan fingerprint density at radius 3 is 2.58 bits per heavy atom. The van der Waals surface area contributed by atoms with Crippen LogP contribution < -0.4 is 19.5 Å². The molecule has 12 heteroatoms. The highest BCUT2D eigenvalue weighted by molar-refractivity contribution is 9.10. The van der Waals surface area contributed by atoms with Gasteiger partial charge in [-0.15, -0.1) is 0 Å². The summed E-state index contributed by atoms with van der Waals surface area (Å²) in [6.45, 7) is 0.872. The van der Waals surface area contributed by atoms with Gasteiger partial charge in [-0.1, -0.05) is 29.8 Å². The molecule has 2 N–H and O–H groups in total. The average Bonchev–Trinajstić information content (AvgIpc) is 3.26. The fourth-order valence-electron chi connectivity index (χ4n) is 3.61. The molecule has 0 unspecified atom stereocenters. The van der Waals surface area contributed by atoms with Gasteiger partial charge < -0.3 is 14.8 Å². The minimum absolute atomic E-state index is 0.0398. The highest BCUT2D eigenvalue weighted by atomic mass is 79.9. The van der Waals surface area contributed by atoms with Crippen LogP contribution in [0, 0.1) is 0 Å².